The largest absolute Gasteiger partial charge is 0.497 e. The number of nitrogens with one attached hydrogen (secondary N) is 1. The Hall–Kier alpha value is -1.55. The molecule has 0 saturated heterocycles. The summed E-state index contributed by atoms with van der Waals surface area (Å²) in [5.74, 6) is -0.0699. The summed E-state index contributed by atoms with van der Waals surface area (Å²) in [5, 5.41) is 12.0. The van der Waals surface area contributed by atoms with Gasteiger partial charge in [0.15, 0.2) is 0 Å². The smallest absolute Gasteiger partial charge is 0.305 e. The molecule has 0 aromatic heterocycles. The topological polar surface area (TPSA) is 58.6 Å². The van der Waals surface area contributed by atoms with Crippen molar-refractivity contribution in [3.05, 3.63) is 29.8 Å². The number of methoxy groups -OCH3 is 1. The molecule has 0 spiro atoms. The van der Waals surface area contributed by atoms with Crippen LogP contribution in [0.1, 0.15) is 24.9 Å². The third-order valence-electron chi connectivity index (χ3n) is 2.33. The summed E-state index contributed by atoms with van der Waals surface area (Å²) in [7, 11) is 1.60. The van der Waals surface area contributed by atoms with Gasteiger partial charge < -0.3 is 15.2 Å². The van der Waals surface area contributed by atoms with Crippen molar-refractivity contribution in [2.24, 2.45) is 0 Å². The molecule has 1 aromatic rings. The maximum atomic E-state index is 10.7. The van der Waals surface area contributed by atoms with E-state index in [1.807, 2.05) is 31.2 Å². The number of aliphatic carboxylic acids is 1. The zero-order valence-corrected chi connectivity index (χ0v) is 9.56. The molecule has 88 valence electrons. The van der Waals surface area contributed by atoms with E-state index in [2.05, 4.69) is 5.32 Å². The van der Waals surface area contributed by atoms with E-state index in [4.69, 9.17) is 9.84 Å². The first kappa shape index (κ1) is 12.5. The molecule has 0 fully saturated rings. The molecule has 0 amide bonds. The Bertz CT molecular complexity index is 352. The van der Waals surface area contributed by atoms with E-state index in [-0.39, 0.29) is 12.5 Å². The SMILES string of the molecule is CCNC(CC(=O)O)c1cccc(OC)c1. The van der Waals surface area contributed by atoms with Crippen molar-refractivity contribution in [3.8, 4) is 5.75 Å². The van der Waals surface area contributed by atoms with Crippen LogP contribution in [0.4, 0.5) is 0 Å². The summed E-state index contributed by atoms with van der Waals surface area (Å²) in [5.41, 5.74) is 0.934. The van der Waals surface area contributed by atoms with Crippen LogP contribution in [-0.4, -0.2) is 24.7 Å². The van der Waals surface area contributed by atoms with Gasteiger partial charge >= 0.3 is 5.97 Å². The zero-order valence-electron chi connectivity index (χ0n) is 9.56. The Kier molecular flexibility index (Phi) is 4.79. The van der Waals surface area contributed by atoms with Crippen LogP contribution < -0.4 is 10.1 Å². The maximum absolute atomic E-state index is 10.7. The Morgan fingerprint density at radius 3 is 2.88 bits per heavy atom. The lowest BCUT2D eigenvalue weighted by Crippen LogP contribution is -2.23. The third-order valence-corrected chi connectivity index (χ3v) is 2.33. The van der Waals surface area contributed by atoms with Gasteiger partial charge in [0.1, 0.15) is 5.75 Å². The summed E-state index contributed by atoms with van der Waals surface area (Å²) < 4.78 is 5.11. The van der Waals surface area contributed by atoms with Gasteiger partial charge in [0.05, 0.1) is 13.5 Å². The molecule has 4 heteroatoms. The normalized spacial score (nSPS) is 12.1. The number of carboxylic acids is 1. The second-order valence-electron chi connectivity index (χ2n) is 3.48. The van der Waals surface area contributed by atoms with Crippen LogP contribution in [0.3, 0.4) is 0 Å². The number of ether oxygens (including phenoxy) is 1. The minimum absolute atomic E-state index is 0.0704. The van der Waals surface area contributed by atoms with Crippen molar-refractivity contribution < 1.29 is 14.6 Å². The van der Waals surface area contributed by atoms with Crippen molar-refractivity contribution in [2.45, 2.75) is 19.4 Å². The van der Waals surface area contributed by atoms with E-state index in [9.17, 15) is 4.79 Å². The second-order valence-corrected chi connectivity index (χ2v) is 3.48. The highest BCUT2D eigenvalue weighted by Crippen LogP contribution is 2.21. The molecule has 0 aliphatic carbocycles. The highest BCUT2D eigenvalue weighted by molar-refractivity contribution is 5.68. The Morgan fingerprint density at radius 2 is 2.31 bits per heavy atom. The molecule has 1 aromatic carbocycles. The summed E-state index contributed by atoms with van der Waals surface area (Å²) in [6.07, 6.45) is 0.0704. The fraction of sp³-hybridized carbons (Fsp3) is 0.417. The van der Waals surface area contributed by atoms with Crippen molar-refractivity contribution >= 4 is 5.97 Å². The number of benzene rings is 1. The van der Waals surface area contributed by atoms with Gasteiger partial charge in [0, 0.05) is 6.04 Å². The van der Waals surface area contributed by atoms with Crippen LogP contribution in [0.15, 0.2) is 24.3 Å². The molecule has 0 bridgehead atoms. The van der Waals surface area contributed by atoms with Crippen LogP contribution in [-0.2, 0) is 4.79 Å². The van der Waals surface area contributed by atoms with Crippen LogP contribution in [0.2, 0.25) is 0 Å². The predicted molar refractivity (Wildman–Crippen MR) is 61.7 cm³/mol. The van der Waals surface area contributed by atoms with Gasteiger partial charge in [-0.1, -0.05) is 19.1 Å². The number of hydrogen-bond acceptors (Lipinski definition) is 3. The van der Waals surface area contributed by atoms with Crippen LogP contribution in [0.5, 0.6) is 5.75 Å². The third kappa shape index (κ3) is 3.55. The molecule has 0 radical (unpaired) electrons. The van der Waals surface area contributed by atoms with E-state index >= 15 is 0 Å². The Labute approximate surface area is 95.2 Å². The molecule has 0 aliphatic rings. The highest BCUT2D eigenvalue weighted by Gasteiger charge is 2.14. The minimum Gasteiger partial charge on any atom is -0.497 e. The quantitative estimate of drug-likeness (QED) is 0.772. The number of carbonyl (C=O) groups is 1. The molecule has 16 heavy (non-hydrogen) atoms. The summed E-state index contributed by atoms with van der Waals surface area (Å²) >= 11 is 0. The average molecular weight is 223 g/mol. The highest BCUT2D eigenvalue weighted by atomic mass is 16.5. The van der Waals surface area contributed by atoms with E-state index in [1.54, 1.807) is 7.11 Å². The minimum atomic E-state index is -0.811. The Balaban J connectivity index is 2.86. The van der Waals surface area contributed by atoms with Crippen molar-refractivity contribution in [1.29, 1.82) is 0 Å². The van der Waals surface area contributed by atoms with Crippen LogP contribution in [0.25, 0.3) is 0 Å². The van der Waals surface area contributed by atoms with Gasteiger partial charge in [-0.3, -0.25) is 4.79 Å². The van der Waals surface area contributed by atoms with E-state index in [0.29, 0.717) is 0 Å². The molecular weight excluding hydrogens is 206 g/mol. The van der Waals surface area contributed by atoms with Gasteiger partial charge in [-0.2, -0.15) is 0 Å². The van der Waals surface area contributed by atoms with E-state index < -0.39 is 5.97 Å². The lowest BCUT2D eigenvalue weighted by molar-refractivity contribution is -0.137. The first-order valence-corrected chi connectivity index (χ1v) is 5.26. The average Bonchev–Trinajstić information content (AvgIpc) is 2.28. The first-order chi connectivity index (χ1) is 7.67. The van der Waals surface area contributed by atoms with Crippen molar-refractivity contribution in [2.75, 3.05) is 13.7 Å². The molecule has 2 N–H and O–H groups in total. The molecule has 4 nitrogen and oxygen atoms in total. The molecule has 1 atom stereocenters. The van der Waals surface area contributed by atoms with Gasteiger partial charge in [0.25, 0.3) is 0 Å². The number of rotatable bonds is 6. The number of hydrogen-bond donors (Lipinski definition) is 2. The zero-order chi connectivity index (χ0) is 12.0. The first-order valence-electron chi connectivity index (χ1n) is 5.26. The van der Waals surface area contributed by atoms with Gasteiger partial charge in [-0.25, -0.2) is 0 Å². The summed E-state index contributed by atoms with van der Waals surface area (Å²) in [4.78, 5) is 10.7. The standard InChI is InChI=1S/C12H17NO3/c1-3-13-11(8-12(14)15)9-5-4-6-10(7-9)16-2/h4-7,11,13H,3,8H2,1-2H3,(H,14,15). The Morgan fingerprint density at radius 1 is 1.56 bits per heavy atom. The summed E-state index contributed by atoms with van der Waals surface area (Å²) in [6, 6.07) is 7.29. The maximum Gasteiger partial charge on any atom is 0.305 e. The fourth-order valence-corrected chi connectivity index (χ4v) is 1.59. The van der Waals surface area contributed by atoms with Gasteiger partial charge in [-0.15, -0.1) is 0 Å². The van der Waals surface area contributed by atoms with Crippen LogP contribution >= 0.6 is 0 Å². The molecule has 0 saturated carbocycles. The van der Waals surface area contributed by atoms with Gasteiger partial charge in [0.2, 0.25) is 0 Å². The lowest BCUT2D eigenvalue weighted by Gasteiger charge is -2.16. The monoisotopic (exact) mass is 223 g/mol. The van der Waals surface area contributed by atoms with E-state index in [1.165, 1.54) is 0 Å². The predicted octanol–water partition coefficient (Wildman–Crippen LogP) is 1.82. The lowest BCUT2D eigenvalue weighted by atomic mass is 10.0. The van der Waals surface area contributed by atoms with Crippen molar-refractivity contribution in [1.82, 2.24) is 5.32 Å². The van der Waals surface area contributed by atoms with Gasteiger partial charge in [-0.05, 0) is 24.2 Å². The molecular formula is C12H17NO3. The number of carboxylic acid groups (broad SMARTS) is 1. The molecule has 0 heterocycles. The van der Waals surface area contributed by atoms with E-state index in [0.717, 1.165) is 17.9 Å². The molecule has 1 rings (SSSR count). The second kappa shape index (κ2) is 6.12. The fourth-order valence-electron chi connectivity index (χ4n) is 1.59. The molecule has 0 aliphatic heterocycles. The van der Waals surface area contributed by atoms with Crippen LogP contribution in [0, 0.1) is 0 Å². The molecule has 1 unspecified atom stereocenters. The van der Waals surface area contributed by atoms with Crippen molar-refractivity contribution in [3.63, 3.8) is 0 Å². The summed E-state index contributed by atoms with van der Waals surface area (Å²) in [6.45, 7) is 2.68.